The Balaban J connectivity index is 2.30. The van der Waals surface area contributed by atoms with Crippen molar-refractivity contribution >= 4 is 0 Å². The summed E-state index contributed by atoms with van der Waals surface area (Å²) in [5, 5.41) is 0. The lowest BCUT2D eigenvalue weighted by Gasteiger charge is -2.27. The van der Waals surface area contributed by atoms with Crippen LogP contribution in [0.4, 0.5) is 0 Å². The molecule has 0 amide bonds. The molecule has 1 aliphatic heterocycles. The Morgan fingerprint density at radius 3 is 2.42 bits per heavy atom. The molecule has 0 saturated carbocycles. The lowest BCUT2D eigenvalue weighted by Crippen LogP contribution is -2.32. The molecule has 1 aliphatic rings. The van der Waals surface area contributed by atoms with E-state index >= 15 is 0 Å². The summed E-state index contributed by atoms with van der Waals surface area (Å²) in [7, 11) is 0. The van der Waals surface area contributed by atoms with Gasteiger partial charge in [0.1, 0.15) is 0 Å². The van der Waals surface area contributed by atoms with E-state index in [-0.39, 0.29) is 5.60 Å². The van der Waals surface area contributed by atoms with Gasteiger partial charge in [0, 0.05) is 6.42 Å². The fraction of sp³-hybridized carbons (Fsp3) is 1.00. The van der Waals surface area contributed by atoms with Gasteiger partial charge in [-0.15, -0.1) is 0 Å². The van der Waals surface area contributed by atoms with Gasteiger partial charge in [-0.3, -0.25) is 0 Å². The van der Waals surface area contributed by atoms with E-state index in [1.807, 2.05) is 27.7 Å². The van der Waals surface area contributed by atoms with Crippen molar-refractivity contribution < 1.29 is 14.5 Å². The number of ether oxygens (including phenoxy) is 1. The zero-order valence-corrected chi connectivity index (χ0v) is 8.35. The second-order valence-electron chi connectivity index (χ2n) is 4.36. The lowest BCUT2D eigenvalue weighted by atomic mass is 10.2. The number of hydrogen-bond acceptors (Lipinski definition) is 3. The van der Waals surface area contributed by atoms with Gasteiger partial charge in [0.2, 0.25) is 0 Å². The smallest absolute Gasteiger partial charge is 0.198 e. The van der Waals surface area contributed by atoms with Crippen LogP contribution in [0.2, 0.25) is 0 Å². The third-order valence-corrected chi connectivity index (χ3v) is 1.65. The van der Waals surface area contributed by atoms with Crippen molar-refractivity contribution in [2.75, 3.05) is 6.61 Å². The summed E-state index contributed by atoms with van der Waals surface area (Å²) >= 11 is 0. The highest BCUT2D eigenvalue weighted by Crippen LogP contribution is 2.28. The maximum absolute atomic E-state index is 5.39. The number of hydrogen-bond donors (Lipinski definition) is 0. The zero-order valence-electron chi connectivity index (χ0n) is 8.35. The van der Waals surface area contributed by atoms with Gasteiger partial charge in [0.25, 0.3) is 0 Å². The molecule has 3 nitrogen and oxygen atoms in total. The second kappa shape index (κ2) is 3.32. The van der Waals surface area contributed by atoms with Crippen molar-refractivity contribution in [1.29, 1.82) is 0 Å². The van der Waals surface area contributed by atoms with Crippen LogP contribution in [-0.4, -0.2) is 18.0 Å². The molecule has 0 aromatic rings. The largest absolute Gasteiger partial charge is 0.348 e. The summed E-state index contributed by atoms with van der Waals surface area (Å²) in [6.45, 7) is 8.53. The van der Waals surface area contributed by atoms with Gasteiger partial charge in [-0.2, -0.15) is 0 Å². The topological polar surface area (TPSA) is 27.7 Å². The quantitative estimate of drug-likeness (QED) is 0.474. The molecule has 0 N–H and O–H groups in total. The van der Waals surface area contributed by atoms with E-state index in [2.05, 4.69) is 0 Å². The minimum absolute atomic E-state index is 0.269. The van der Waals surface area contributed by atoms with E-state index in [1.54, 1.807) is 0 Å². The van der Waals surface area contributed by atoms with E-state index < -0.39 is 5.79 Å². The van der Waals surface area contributed by atoms with E-state index in [1.165, 1.54) is 0 Å². The molecule has 0 aliphatic carbocycles. The van der Waals surface area contributed by atoms with Gasteiger partial charge >= 0.3 is 0 Å². The molecule has 3 heteroatoms. The molecule has 0 aromatic carbocycles. The number of rotatable bonds is 2. The van der Waals surface area contributed by atoms with Gasteiger partial charge in [0.15, 0.2) is 5.79 Å². The normalized spacial score (nSPS) is 31.0. The predicted molar refractivity (Wildman–Crippen MR) is 45.5 cm³/mol. The zero-order chi connectivity index (χ0) is 9.24. The Morgan fingerprint density at radius 1 is 1.33 bits per heavy atom. The molecule has 1 atom stereocenters. The van der Waals surface area contributed by atoms with Crippen molar-refractivity contribution in [3.63, 3.8) is 0 Å². The molecular formula is C9H18O3. The second-order valence-corrected chi connectivity index (χ2v) is 4.36. The molecule has 1 heterocycles. The third kappa shape index (κ3) is 3.09. The molecule has 0 spiro atoms. The maximum atomic E-state index is 5.39. The molecule has 1 unspecified atom stereocenters. The van der Waals surface area contributed by atoms with Gasteiger partial charge in [-0.05, 0) is 34.1 Å². The molecule has 1 rings (SSSR count). The van der Waals surface area contributed by atoms with Crippen LogP contribution in [0.1, 0.15) is 40.5 Å². The van der Waals surface area contributed by atoms with Gasteiger partial charge < -0.3 is 4.74 Å². The minimum atomic E-state index is -0.521. The van der Waals surface area contributed by atoms with Crippen molar-refractivity contribution in [3.05, 3.63) is 0 Å². The van der Waals surface area contributed by atoms with Crippen LogP contribution in [0.3, 0.4) is 0 Å². The first-order valence-electron chi connectivity index (χ1n) is 4.42. The summed E-state index contributed by atoms with van der Waals surface area (Å²) in [4.78, 5) is 10.4. The van der Waals surface area contributed by atoms with Gasteiger partial charge in [0.05, 0.1) is 12.2 Å². The van der Waals surface area contributed by atoms with Crippen molar-refractivity contribution in [2.45, 2.75) is 51.9 Å². The molecular weight excluding hydrogens is 156 g/mol. The van der Waals surface area contributed by atoms with Crippen LogP contribution in [-0.2, 0) is 14.5 Å². The summed E-state index contributed by atoms with van der Waals surface area (Å²) < 4.78 is 5.39. The van der Waals surface area contributed by atoms with E-state index in [0.717, 1.165) is 19.4 Å². The van der Waals surface area contributed by atoms with Crippen LogP contribution in [0.5, 0.6) is 0 Å². The van der Waals surface area contributed by atoms with Gasteiger partial charge in [-0.25, -0.2) is 9.78 Å². The SMILES string of the molecule is CC(C)(C)OOC1(C)CCCO1. The minimum Gasteiger partial charge on any atom is -0.348 e. The van der Waals surface area contributed by atoms with Crippen LogP contribution in [0.25, 0.3) is 0 Å². The molecule has 1 saturated heterocycles. The monoisotopic (exact) mass is 174 g/mol. The highest BCUT2D eigenvalue weighted by atomic mass is 17.2. The highest BCUT2D eigenvalue weighted by molar-refractivity contribution is 4.68. The Labute approximate surface area is 73.9 Å². The average Bonchev–Trinajstić information content (AvgIpc) is 2.32. The average molecular weight is 174 g/mol. The van der Waals surface area contributed by atoms with Crippen LogP contribution in [0, 0.1) is 0 Å². The first-order valence-corrected chi connectivity index (χ1v) is 4.42. The molecule has 1 fully saturated rings. The first-order chi connectivity index (χ1) is 5.41. The third-order valence-electron chi connectivity index (χ3n) is 1.65. The molecule has 0 bridgehead atoms. The standard InChI is InChI=1S/C9H18O3/c1-8(2,3)11-12-9(4)6-5-7-10-9/h5-7H2,1-4H3. The summed E-state index contributed by atoms with van der Waals surface area (Å²) in [6.07, 6.45) is 1.95. The van der Waals surface area contributed by atoms with Gasteiger partial charge in [-0.1, -0.05) is 0 Å². The van der Waals surface area contributed by atoms with Crippen LogP contribution < -0.4 is 0 Å². The molecule has 0 aromatic heterocycles. The van der Waals surface area contributed by atoms with Crippen LogP contribution in [0.15, 0.2) is 0 Å². The lowest BCUT2D eigenvalue weighted by molar-refractivity contribution is -0.446. The molecule has 72 valence electrons. The van der Waals surface area contributed by atoms with Crippen molar-refractivity contribution in [1.82, 2.24) is 0 Å². The predicted octanol–water partition coefficient (Wildman–Crippen LogP) is 2.26. The summed E-state index contributed by atoms with van der Waals surface area (Å²) in [5.74, 6) is -0.521. The van der Waals surface area contributed by atoms with Crippen molar-refractivity contribution in [2.24, 2.45) is 0 Å². The Hall–Kier alpha value is -0.120. The van der Waals surface area contributed by atoms with Crippen molar-refractivity contribution in [3.8, 4) is 0 Å². The Kier molecular flexibility index (Phi) is 2.76. The van der Waals surface area contributed by atoms with E-state index in [9.17, 15) is 0 Å². The summed E-state index contributed by atoms with van der Waals surface area (Å²) in [5.41, 5.74) is -0.269. The van der Waals surface area contributed by atoms with E-state index in [0.29, 0.717) is 0 Å². The summed E-state index contributed by atoms with van der Waals surface area (Å²) in [6, 6.07) is 0. The highest BCUT2D eigenvalue weighted by Gasteiger charge is 2.33. The Morgan fingerprint density at radius 2 is 2.00 bits per heavy atom. The van der Waals surface area contributed by atoms with E-state index in [4.69, 9.17) is 14.5 Å². The fourth-order valence-corrected chi connectivity index (χ4v) is 1.03. The molecule has 12 heavy (non-hydrogen) atoms. The Bertz CT molecular complexity index is 142. The maximum Gasteiger partial charge on any atom is 0.198 e. The molecule has 0 radical (unpaired) electrons. The first kappa shape index (κ1) is 9.96. The van der Waals surface area contributed by atoms with Crippen LogP contribution >= 0.6 is 0 Å². The fourth-order valence-electron chi connectivity index (χ4n) is 1.03.